The van der Waals surface area contributed by atoms with Crippen molar-refractivity contribution in [2.75, 3.05) is 5.75 Å². The average molecular weight is 416 g/mol. The van der Waals surface area contributed by atoms with Gasteiger partial charge in [-0.05, 0) is 30.7 Å². The second-order valence-corrected chi connectivity index (χ2v) is 7.00. The molecule has 0 aliphatic carbocycles. The van der Waals surface area contributed by atoms with E-state index in [0.717, 1.165) is 15.7 Å². The minimum absolute atomic E-state index is 0.0297. The molecule has 28 heavy (non-hydrogen) atoms. The normalized spacial score (nSPS) is 12.5. The molecule has 0 unspecified atom stereocenters. The number of aromatic nitrogens is 5. The molecule has 0 bridgehead atoms. The van der Waals surface area contributed by atoms with Crippen molar-refractivity contribution in [3.8, 4) is 11.1 Å². The van der Waals surface area contributed by atoms with E-state index < -0.39 is 17.6 Å². The number of fused-ring (bicyclic) bond motifs is 3. The largest absolute Gasteiger partial charge is 0.480 e. The molecule has 0 aliphatic rings. The first-order chi connectivity index (χ1) is 13.4. The minimum atomic E-state index is -1.15. The Kier molecular flexibility index (Phi) is 4.56. The monoisotopic (exact) mass is 415 g/mol. The molecular weight excluding hydrogens is 402 g/mol. The minimum Gasteiger partial charge on any atom is -0.480 e. The number of hydrogen-bond acceptors (Lipinski definition) is 6. The van der Waals surface area contributed by atoms with Crippen LogP contribution in [0, 0.1) is 6.92 Å². The Morgan fingerprint density at radius 1 is 1.25 bits per heavy atom. The van der Waals surface area contributed by atoms with E-state index in [4.69, 9.17) is 11.6 Å². The summed E-state index contributed by atoms with van der Waals surface area (Å²) in [5.74, 6) is -1.18. The van der Waals surface area contributed by atoms with E-state index in [-0.39, 0.29) is 11.3 Å². The van der Waals surface area contributed by atoms with Gasteiger partial charge in [0.05, 0.1) is 11.3 Å². The van der Waals surface area contributed by atoms with Crippen LogP contribution >= 0.6 is 24.2 Å². The number of aliphatic carboxylic acids is 1. The lowest BCUT2D eigenvalue weighted by molar-refractivity contribution is -0.140. The van der Waals surface area contributed by atoms with Gasteiger partial charge < -0.3 is 5.11 Å². The van der Waals surface area contributed by atoms with Gasteiger partial charge in [0, 0.05) is 17.0 Å². The number of benzene rings is 1. The maximum atomic E-state index is 12.8. The van der Waals surface area contributed by atoms with Gasteiger partial charge in [-0.3, -0.25) is 9.36 Å². The number of pyridine rings is 1. The van der Waals surface area contributed by atoms with Crippen LogP contribution < -0.4 is 5.56 Å². The van der Waals surface area contributed by atoms with Crippen molar-refractivity contribution >= 4 is 46.9 Å². The fourth-order valence-electron chi connectivity index (χ4n) is 3.15. The third kappa shape index (κ3) is 2.83. The van der Waals surface area contributed by atoms with E-state index in [2.05, 4.69) is 27.9 Å². The van der Waals surface area contributed by atoms with Gasteiger partial charge in [-0.15, -0.1) is 10.2 Å². The standard InChI is InChI=1S/C18H14ClN5O3S/c1-9-14(10-2-4-11(19)5-3-10)16-21-20-15-12(24(16)22-9)6-7-23(17(15)25)13(8-28)18(26)27/h2-7,13,28H,8H2,1H3,(H,26,27)/t13-/m1/s1. The molecule has 0 radical (unpaired) electrons. The van der Waals surface area contributed by atoms with E-state index in [9.17, 15) is 14.7 Å². The molecule has 1 aromatic carbocycles. The van der Waals surface area contributed by atoms with Crippen molar-refractivity contribution in [2.45, 2.75) is 13.0 Å². The Bertz CT molecular complexity index is 1280. The zero-order valence-electron chi connectivity index (χ0n) is 14.6. The summed E-state index contributed by atoms with van der Waals surface area (Å²) in [5, 5.41) is 22.7. The van der Waals surface area contributed by atoms with Crippen molar-refractivity contribution < 1.29 is 9.90 Å². The van der Waals surface area contributed by atoms with Crippen molar-refractivity contribution in [3.63, 3.8) is 0 Å². The number of aryl methyl sites for hydroxylation is 1. The topological polar surface area (TPSA) is 102 Å². The van der Waals surface area contributed by atoms with Crippen LogP contribution in [0.3, 0.4) is 0 Å². The van der Waals surface area contributed by atoms with Gasteiger partial charge in [-0.1, -0.05) is 23.7 Å². The van der Waals surface area contributed by atoms with Crippen LogP contribution in [0.25, 0.3) is 27.8 Å². The van der Waals surface area contributed by atoms with Gasteiger partial charge >= 0.3 is 5.97 Å². The van der Waals surface area contributed by atoms with Gasteiger partial charge in [0.25, 0.3) is 5.56 Å². The van der Waals surface area contributed by atoms with Crippen LogP contribution in [0.15, 0.2) is 41.3 Å². The van der Waals surface area contributed by atoms with Crippen LogP contribution in [0.5, 0.6) is 0 Å². The highest BCUT2D eigenvalue weighted by atomic mass is 35.5. The summed E-state index contributed by atoms with van der Waals surface area (Å²) in [5.41, 5.74) is 2.79. The van der Waals surface area contributed by atoms with E-state index >= 15 is 0 Å². The molecule has 4 aromatic rings. The summed E-state index contributed by atoms with van der Waals surface area (Å²) in [4.78, 5) is 24.2. The molecular formula is C18H14ClN5O3S. The third-order valence-corrected chi connectivity index (χ3v) is 5.11. The molecule has 1 atom stereocenters. The zero-order valence-corrected chi connectivity index (χ0v) is 16.2. The van der Waals surface area contributed by atoms with E-state index in [1.165, 1.54) is 6.20 Å². The number of carboxylic acid groups (broad SMARTS) is 1. The number of halogens is 1. The molecule has 0 aliphatic heterocycles. The van der Waals surface area contributed by atoms with E-state index in [1.807, 2.05) is 19.1 Å². The second kappa shape index (κ2) is 6.92. The molecule has 4 rings (SSSR count). The lowest BCUT2D eigenvalue weighted by Gasteiger charge is -2.13. The first-order valence-electron chi connectivity index (χ1n) is 8.29. The molecule has 8 nitrogen and oxygen atoms in total. The molecule has 0 saturated heterocycles. The molecule has 3 heterocycles. The van der Waals surface area contributed by atoms with Crippen LogP contribution in [-0.4, -0.2) is 41.2 Å². The summed E-state index contributed by atoms with van der Waals surface area (Å²) < 4.78 is 2.64. The molecule has 0 spiro atoms. The molecule has 0 saturated carbocycles. The molecule has 10 heteroatoms. The van der Waals surface area contributed by atoms with Gasteiger partial charge in [-0.25, -0.2) is 9.31 Å². The highest BCUT2D eigenvalue weighted by Gasteiger charge is 2.22. The molecule has 3 aromatic heterocycles. The number of carbonyl (C=O) groups is 1. The molecule has 142 valence electrons. The van der Waals surface area contributed by atoms with Gasteiger partial charge in [0.15, 0.2) is 11.2 Å². The lowest BCUT2D eigenvalue weighted by atomic mass is 10.1. The van der Waals surface area contributed by atoms with Crippen LogP contribution in [0.2, 0.25) is 5.02 Å². The SMILES string of the molecule is Cc1nn2c(nnc3c(=O)n([C@H](CS)C(=O)O)ccc32)c1-c1ccc(Cl)cc1. The van der Waals surface area contributed by atoms with Gasteiger partial charge in [-0.2, -0.15) is 17.7 Å². The van der Waals surface area contributed by atoms with E-state index in [0.29, 0.717) is 21.9 Å². The van der Waals surface area contributed by atoms with Crippen molar-refractivity contribution in [1.82, 2.24) is 24.4 Å². The van der Waals surface area contributed by atoms with Crippen molar-refractivity contribution in [2.24, 2.45) is 0 Å². The number of hydrogen-bond donors (Lipinski definition) is 2. The highest BCUT2D eigenvalue weighted by Crippen LogP contribution is 2.29. The third-order valence-electron chi connectivity index (χ3n) is 4.51. The van der Waals surface area contributed by atoms with Gasteiger partial charge in [0.2, 0.25) is 0 Å². The lowest BCUT2D eigenvalue weighted by Crippen LogP contribution is -2.31. The van der Waals surface area contributed by atoms with Crippen molar-refractivity contribution in [1.29, 1.82) is 0 Å². The smallest absolute Gasteiger partial charge is 0.327 e. The van der Waals surface area contributed by atoms with Crippen LogP contribution in [-0.2, 0) is 4.79 Å². The Labute approximate surface area is 168 Å². The highest BCUT2D eigenvalue weighted by molar-refractivity contribution is 7.80. The summed E-state index contributed by atoms with van der Waals surface area (Å²) in [6, 6.07) is 7.78. The Hall–Kier alpha value is -2.91. The summed E-state index contributed by atoms with van der Waals surface area (Å²) >= 11 is 10.00. The number of carboxylic acids is 1. The zero-order chi connectivity index (χ0) is 20.0. The van der Waals surface area contributed by atoms with Crippen molar-refractivity contribution in [3.05, 3.63) is 57.6 Å². The Morgan fingerprint density at radius 3 is 2.61 bits per heavy atom. The quantitative estimate of drug-likeness (QED) is 0.497. The predicted octanol–water partition coefficient (Wildman–Crippen LogP) is 2.62. The van der Waals surface area contributed by atoms with Crippen LogP contribution in [0.4, 0.5) is 0 Å². The number of rotatable bonds is 4. The Balaban J connectivity index is 1.98. The summed E-state index contributed by atoms with van der Waals surface area (Å²) in [7, 11) is 0. The van der Waals surface area contributed by atoms with E-state index in [1.54, 1.807) is 22.7 Å². The Morgan fingerprint density at radius 2 is 1.96 bits per heavy atom. The fourth-order valence-corrected chi connectivity index (χ4v) is 3.61. The molecule has 0 fully saturated rings. The predicted molar refractivity (Wildman–Crippen MR) is 108 cm³/mol. The maximum absolute atomic E-state index is 12.8. The first kappa shape index (κ1) is 18.5. The summed E-state index contributed by atoms with van der Waals surface area (Å²) in [6.07, 6.45) is 1.42. The average Bonchev–Trinajstić information content (AvgIpc) is 3.01. The molecule has 0 amide bonds. The number of thiol groups is 1. The summed E-state index contributed by atoms with van der Waals surface area (Å²) in [6.45, 7) is 1.84. The second-order valence-electron chi connectivity index (χ2n) is 6.20. The van der Waals surface area contributed by atoms with Crippen LogP contribution in [0.1, 0.15) is 11.7 Å². The number of nitrogens with zero attached hydrogens (tertiary/aromatic N) is 5. The maximum Gasteiger partial charge on any atom is 0.327 e. The first-order valence-corrected chi connectivity index (χ1v) is 9.30. The molecule has 1 N–H and O–H groups in total. The fraction of sp³-hybridized carbons (Fsp3) is 0.167. The van der Waals surface area contributed by atoms with Gasteiger partial charge in [0.1, 0.15) is 11.6 Å².